The van der Waals surface area contributed by atoms with Crippen LogP contribution in [0.3, 0.4) is 0 Å². The lowest BCUT2D eigenvalue weighted by atomic mass is 10.3. The molecule has 0 unspecified atom stereocenters. The maximum atomic E-state index is 12.7. The summed E-state index contributed by atoms with van der Waals surface area (Å²) in [5.41, 5.74) is 0.400. The van der Waals surface area contributed by atoms with E-state index in [1.165, 1.54) is 11.8 Å². The molecule has 0 aliphatic heterocycles. The van der Waals surface area contributed by atoms with E-state index in [4.69, 9.17) is 9.47 Å². The molecule has 0 aliphatic carbocycles. The molecular formula is C19H21N3O3S. The van der Waals surface area contributed by atoms with E-state index in [9.17, 15) is 4.79 Å². The van der Waals surface area contributed by atoms with E-state index in [1.807, 2.05) is 30.3 Å². The first-order valence-corrected chi connectivity index (χ1v) is 9.43. The van der Waals surface area contributed by atoms with Crippen LogP contribution in [-0.4, -0.2) is 40.6 Å². The first-order chi connectivity index (χ1) is 12.8. The number of thioether (sulfide) groups is 1. The number of rotatable bonds is 9. The number of fused-ring (bicyclic) bond motifs is 1. The Morgan fingerprint density at radius 3 is 2.77 bits per heavy atom. The summed E-state index contributed by atoms with van der Waals surface area (Å²) in [6, 6.07) is 13.2. The molecule has 0 fully saturated rings. The SMILES string of the molecule is COCCn1c(SCCCOc2ccccc2)nc2ncccc2c1=O. The van der Waals surface area contributed by atoms with Crippen molar-refractivity contribution in [3.63, 3.8) is 0 Å². The smallest absolute Gasteiger partial charge is 0.263 e. The Kier molecular flexibility index (Phi) is 6.62. The number of methoxy groups -OCH3 is 1. The first-order valence-electron chi connectivity index (χ1n) is 8.45. The summed E-state index contributed by atoms with van der Waals surface area (Å²) < 4.78 is 12.5. The van der Waals surface area contributed by atoms with Crippen molar-refractivity contribution in [3.8, 4) is 5.75 Å². The number of aromatic nitrogens is 3. The Labute approximate surface area is 156 Å². The molecule has 0 saturated carbocycles. The molecule has 0 saturated heterocycles. The van der Waals surface area contributed by atoms with Crippen LogP contribution in [0.1, 0.15) is 6.42 Å². The van der Waals surface area contributed by atoms with E-state index in [2.05, 4.69) is 9.97 Å². The second kappa shape index (κ2) is 9.35. The highest BCUT2D eigenvalue weighted by Gasteiger charge is 2.12. The second-order valence-corrected chi connectivity index (χ2v) is 6.64. The standard InChI is InChI=1S/C19H21N3O3S/c1-24-13-11-22-18(23)16-9-5-10-20-17(16)21-19(22)26-14-6-12-25-15-7-3-2-4-8-15/h2-5,7-10H,6,11-14H2,1H3. The zero-order chi connectivity index (χ0) is 18.2. The molecule has 0 amide bonds. The van der Waals surface area contributed by atoms with Crippen LogP contribution in [0.4, 0.5) is 0 Å². The van der Waals surface area contributed by atoms with Gasteiger partial charge in [0.2, 0.25) is 0 Å². The van der Waals surface area contributed by atoms with Crippen LogP contribution in [0.5, 0.6) is 5.75 Å². The Balaban J connectivity index is 1.66. The molecule has 2 aromatic heterocycles. The zero-order valence-corrected chi connectivity index (χ0v) is 15.4. The minimum Gasteiger partial charge on any atom is -0.494 e. The van der Waals surface area contributed by atoms with Gasteiger partial charge < -0.3 is 9.47 Å². The third-order valence-corrected chi connectivity index (χ3v) is 4.81. The molecular weight excluding hydrogens is 350 g/mol. The van der Waals surface area contributed by atoms with E-state index in [0.717, 1.165) is 17.9 Å². The number of hydrogen-bond donors (Lipinski definition) is 0. The van der Waals surface area contributed by atoms with Gasteiger partial charge in [-0.05, 0) is 30.7 Å². The van der Waals surface area contributed by atoms with Gasteiger partial charge in [0.25, 0.3) is 5.56 Å². The van der Waals surface area contributed by atoms with Gasteiger partial charge in [-0.15, -0.1) is 0 Å². The number of pyridine rings is 1. The first kappa shape index (κ1) is 18.4. The van der Waals surface area contributed by atoms with Crippen LogP contribution in [0, 0.1) is 0 Å². The van der Waals surface area contributed by atoms with Crippen molar-refractivity contribution in [3.05, 3.63) is 59.0 Å². The lowest BCUT2D eigenvalue weighted by Crippen LogP contribution is -2.25. The fraction of sp³-hybridized carbons (Fsp3) is 0.316. The lowest BCUT2D eigenvalue weighted by Gasteiger charge is -2.12. The fourth-order valence-corrected chi connectivity index (χ4v) is 3.38. The summed E-state index contributed by atoms with van der Waals surface area (Å²) in [7, 11) is 1.62. The zero-order valence-electron chi connectivity index (χ0n) is 14.6. The van der Waals surface area contributed by atoms with E-state index in [1.54, 1.807) is 30.0 Å². The van der Waals surface area contributed by atoms with E-state index < -0.39 is 0 Å². The molecule has 0 aliphatic rings. The summed E-state index contributed by atoms with van der Waals surface area (Å²) in [6.45, 7) is 1.54. The van der Waals surface area contributed by atoms with Gasteiger partial charge in [-0.2, -0.15) is 0 Å². The van der Waals surface area contributed by atoms with Crippen molar-refractivity contribution in [1.82, 2.24) is 14.5 Å². The molecule has 3 rings (SSSR count). The summed E-state index contributed by atoms with van der Waals surface area (Å²) in [6.07, 6.45) is 2.50. The minimum atomic E-state index is -0.0804. The molecule has 0 N–H and O–H groups in total. The number of para-hydroxylation sites is 1. The van der Waals surface area contributed by atoms with Crippen molar-refractivity contribution < 1.29 is 9.47 Å². The molecule has 7 heteroatoms. The molecule has 26 heavy (non-hydrogen) atoms. The molecule has 3 aromatic rings. The predicted octanol–water partition coefficient (Wildman–Crippen LogP) is 3.00. The van der Waals surface area contributed by atoms with Crippen LogP contribution in [0.15, 0.2) is 58.6 Å². The molecule has 1 aromatic carbocycles. The number of ether oxygens (including phenoxy) is 2. The maximum absolute atomic E-state index is 12.7. The topological polar surface area (TPSA) is 66.2 Å². The molecule has 2 heterocycles. The third kappa shape index (κ3) is 4.62. The normalized spacial score (nSPS) is 11.0. The fourth-order valence-electron chi connectivity index (χ4n) is 2.46. The molecule has 136 valence electrons. The van der Waals surface area contributed by atoms with Gasteiger partial charge in [0.05, 0.1) is 25.1 Å². The van der Waals surface area contributed by atoms with Crippen molar-refractivity contribution in [1.29, 1.82) is 0 Å². The summed E-state index contributed by atoms with van der Waals surface area (Å²) >= 11 is 1.54. The number of benzene rings is 1. The van der Waals surface area contributed by atoms with Crippen molar-refractivity contribution >= 4 is 22.8 Å². The van der Waals surface area contributed by atoms with Crippen molar-refractivity contribution in [2.75, 3.05) is 26.1 Å². The van der Waals surface area contributed by atoms with Gasteiger partial charge in [-0.1, -0.05) is 30.0 Å². The Hall–Kier alpha value is -2.38. The van der Waals surface area contributed by atoms with Crippen LogP contribution in [0.25, 0.3) is 11.0 Å². The molecule has 0 spiro atoms. The average molecular weight is 371 g/mol. The van der Waals surface area contributed by atoms with Gasteiger partial charge in [0, 0.05) is 19.1 Å². The largest absolute Gasteiger partial charge is 0.494 e. The van der Waals surface area contributed by atoms with Crippen molar-refractivity contribution in [2.24, 2.45) is 0 Å². The van der Waals surface area contributed by atoms with Gasteiger partial charge in [-0.25, -0.2) is 9.97 Å². The second-order valence-electron chi connectivity index (χ2n) is 5.58. The summed E-state index contributed by atoms with van der Waals surface area (Å²) in [5, 5.41) is 1.19. The monoisotopic (exact) mass is 371 g/mol. The highest BCUT2D eigenvalue weighted by Crippen LogP contribution is 2.18. The van der Waals surface area contributed by atoms with E-state index >= 15 is 0 Å². The highest BCUT2D eigenvalue weighted by atomic mass is 32.2. The molecule has 0 atom stereocenters. The van der Waals surface area contributed by atoms with Gasteiger partial charge in [0.15, 0.2) is 10.8 Å². The number of hydrogen-bond acceptors (Lipinski definition) is 6. The lowest BCUT2D eigenvalue weighted by molar-refractivity contribution is 0.183. The highest BCUT2D eigenvalue weighted by molar-refractivity contribution is 7.99. The summed E-state index contributed by atoms with van der Waals surface area (Å²) in [5.74, 6) is 1.66. The van der Waals surface area contributed by atoms with Gasteiger partial charge in [0.1, 0.15) is 5.75 Å². The third-order valence-electron chi connectivity index (χ3n) is 3.75. The van der Waals surface area contributed by atoms with E-state index in [-0.39, 0.29) is 5.56 Å². The summed E-state index contributed by atoms with van der Waals surface area (Å²) in [4.78, 5) is 21.5. The maximum Gasteiger partial charge on any atom is 0.263 e. The Morgan fingerprint density at radius 2 is 1.96 bits per heavy atom. The molecule has 6 nitrogen and oxygen atoms in total. The minimum absolute atomic E-state index is 0.0804. The van der Waals surface area contributed by atoms with Crippen LogP contribution in [0.2, 0.25) is 0 Å². The van der Waals surface area contributed by atoms with Gasteiger partial charge in [-0.3, -0.25) is 9.36 Å². The van der Waals surface area contributed by atoms with Gasteiger partial charge >= 0.3 is 0 Å². The van der Waals surface area contributed by atoms with Crippen LogP contribution >= 0.6 is 11.8 Å². The van der Waals surface area contributed by atoms with E-state index in [0.29, 0.717) is 35.9 Å². The average Bonchev–Trinajstić information content (AvgIpc) is 2.68. The quantitative estimate of drug-likeness (QED) is 0.327. The Bertz CT molecular complexity index is 899. The molecule has 0 radical (unpaired) electrons. The number of nitrogens with zero attached hydrogens (tertiary/aromatic N) is 3. The predicted molar refractivity (Wildman–Crippen MR) is 103 cm³/mol. The van der Waals surface area contributed by atoms with Crippen LogP contribution in [-0.2, 0) is 11.3 Å². The Morgan fingerprint density at radius 1 is 1.12 bits per heavy atom. The van der Waals surface area contributed by atoms with Crippen LogP contribution < -0.4 is 10.3 Å². The van der Waals surface area contributed by atoms with Crippen molar-refractivity contribution in [2.45, 2.75) is 18.1 Å². The molecule has 0 bridgehead atoms.